The van der Waals surface area contributed by atoms with E-state index < -0.39 is 20.0 Å². The molecule has 0 saturated heterocycles. The predicted molar refractivity (Wildman–Crippen MR) is 115 cm³/mol. The van der Waals surface area contributed by atoms with Crippen LogP contribution in [0.25, 0.3) is 0 Å². The number of hydrogen-bond acceptors (Lipinski definition) is 6. The largest absolute Gasteiger partial charge is 0.508 e. The highest BCUT2D eigenvalue weighted by Gasteiger charge is 2.36. The molecule has 2 rings (SSSR count). The summed E-state index contributed by atoms with van der Waals surface area (Å²) in [5.41, 5.74) is 0.484. The molecule has 0 aromatic heterocycles. The van der Waals surface area contributed by atoms with Crippen LogP contribution in [0, 0.1) is 6.92 Å². The van der Waals surface area contributed by atoms with Crippen molar-refractivity contribution >= 4 is 20.0 Å². The normalized spacial score (nSPS) is 12.4. The topological polar surface area (TPSA) is 112 Å². The van der Waals surface area contributed by atoms with Crippen LogP contribution in [-0.4, -0.2) is 37.3 Å². The molecule has 0 spiro atoms. The first-order valence-electron chi connectivity index (χ1n) is 9.97. The summed E-state index contributed by atoms with van der Waals surface area (Å²) >= 11 is 0. The molecule has 7 nitrogen and oxygen atoms in total. The predicted octanol–water partition coefficient (Wildman–Crippen LogP) is 4.15. The molecule has 0 aliphatic carbocycles. The summed E-state index contributed by atoms with van der Waals surface area (Å²) in [6, 6.07) is 8.50. The Balaban J connectivity index is 2.39. The van der Waals surface area contributed by atoms with Crippen LogP contribution < -0.4 is 0 Å². The monoisotopic (exact) mass is 455 g/mol. The molecule has 0 heterocycles. The van der Waals surface area contributed by atoms with Crippen molar-refractivity contribution in [1.82, 2.24) is 3.71 Å². The molecule has 0 bridgehead atoms. The van der Waals surface area contributed by atoms with E-state index in [0.29, 0.717) is 22.1 Å². The minimum Gasteiger partial charge on any atom is -0.508 e. The van der Waals surface area contributed by atoms with Crippen LogP contribution in [0.4, 0.5) is 0 Å². The smallest absolute Gasteiger partial charge is 0.256 e. The fourth-order valence-electron chi connectivity index (χ4n) is 2.99. The van der Waals surface area contributed by atoms with Gasteiger partial charge in [-0.2, -0.15) is 0 Å². The molecule has 0 fully saturated rings. The van der Waals surface area contributed by atoms with E-state index in [9.17, 15) is 27.0 Å². The van der Waals surface area contributed by atoms with Gasteiger partial charge in [0.15, 0.2) is 0 Å². The molecule has 0 atom stereocenters. The zero-order chi connectivity index (χ0) is 22.4. The highest BCUT2D eigenvalue weighted by atomic mass is 32.3. The Kier molecular flexibility index (Phi) is 8.28. The molecule has 0 unspecified atom stereocenters. The molecule has 2 aromatic carbocycles. The first kappa shape index (κ1) is 24.2. The third-order valence-electron chi connectivity index (χ3n) is 4.84. The van der Waals surface area contributed by atoms with E-state index in [2.05, 4.69) is 6.92 Å². The molecule has 0 saturated carbocycles. The van der Waals surface area contributed by atoms with Crippen LogP contribution >= 0.6 is 0 Å². The van der Waals surface area contributed by atoms with E-state index in [-0.39, 0.29) is 27.8 Å². The quantitative estimate of drug-likeness (QED) is 0.492. The van der Waals surface area contributed by atoms with Crippen molar-refractivity contribution in [1.29, 1.82) is 0 Å². The maximum Gasteiger partial charge on any atom is 0.256 e. The Hall–Kier alpha value is -2.10. The summed E-state index contributed by atoms with van der Waals surface area (Å²) in [7, 11) is -8.82. The number of sulfonamides is 2. The zero-order valence-electron chi connectivity index (χ0n) is 17.3. The Morgan fingerprint density at radius 2 is 1.30 bits per heavy atom. The molecule has 0 aliphatic heterocycles. The van der Waals surface area contributed by atoms with Gasteiger partial charge in [0.25, 0.3) is 20.0 Å². The molecule has 166 valence electrons. The minimum absolute atomic E-state index is 0.122. The minimum atomic E-state index is -4.43. The molecule has 0 amide bonds. The Morgan fingerprint density at radius 1 is 0.767 bits per heavy atom. The van der Waals surface area contributed by atoms with Gasteiger partial charge in [-0.25, -0.2) is 16.8 Å². The lowest BCUT2D eigenvalue weighted by molar-refractivity contribution is 0.464. The summed E-state index contributed by atoms with van der Waals surface area (Å²) < 4.78 is 53.3. The summed E-state index contributed by atoms with van der Waals surface area (Å²) in [6.07, 6.45) is 5.16. The molecule has 30 heavy (non-hydrogen) atoms. The number of aryl methyl sites for hydroxylation is 1. The van der Waals surface area contributed by atoms with Crippen LogP contribution in [0.5, 0.6) is 11.5 Å². The van der Waals surface area contributed by atoms with Gasteiger partial charge < -0.3 is 10.2 Å². The van der Waals surface area contributed by atoms with Crippen molar-refractivity contribution in [3.05, 3.63) is 48.0 Å². The van der Waals surface area contributed by atoms with Crippen LogP contribution in [0.3, 0.4) is 0 Å². The molecule has 9 heteroatoms. The second-order valence-corrected chi connectivity index (χ2v) is 11.2. The van der Waals surface area contributed by atoms with Crippen molar-refractivity contribution in [2.75, 3.05) is 6.54 Å². The Bertz CT molecular complexity index is 1050. The van der Waals surface area contributed by atoms with Crippen molar-refractivity contribution < 1.29 is 27.0 Å². The third kappa shape index (κ3) is 5.74. The number of unbranched alkanes of at least 4 members (excludes halogenated alkanes) is 5. The molecular weight excluding hydrogens is 426 g/mol. The average molecular weight is 456 g/mol. The van der Waals surface area contributed by atoms with Crippen molar-refractivity contribution in [3.63, 3.8) is 0 Å². The average Bonchev–Trinajstić information content (AvgIpc) is 2.69. The lowest BCUT2D eigenvalue weighted by Gasteiger charge is -2.22. The van der Waals surface area contributed by atoms with Crippen molar-refractivity contribution in [2.45, 2.75) is 62.2 Å². The molecule has 2 N–H and O–H groups in total. The number of phenols is 2. The van der Waals surface area contributed by atoms with Crippen LogP contribution in [0.2, 0.25) is 0 Å². The van der Waals surface area contributed by atoms with Crippen LogP contribution in [0.15, 0.2) is 52.3 Å². The van der Waals surface area contributed by atoms with Crippen molar-refractivity contribution in [3.8, 4) is 11.5 Å². The number of phenolic OH excluding ortho intramolecular Hbond substituents is 2. The Morgan fingerprint density at radius 3 is 1.90 bits per heavy atom. The van der Waals surface area contributed by atoms with Gasteiger partial charge in [-0.15, -0.1) is 0 Å². The maximum absolute atomic E-state index is 13.2. The number of aromatic hydroxyl groups is 2. The standard InChI is InChI=1S/C21H29NO6S2/c1-3-4-5-6-7-8-15-22(29(25,26)19-13-10-18(23)11-14-19)30(27,28)20-12-9-17(2)21(24)16-20/h9-14,16,23-24H,3-8,15H2,1-2H3. The van der Waals surface area contributed by atoms with Crippen LogP contribution in [0.1, 0.15) is 51.0 Å². The van der Waals surface area contributed by atoms with E-state index in [0.717, 1.165) is 31.7 Å². The summed E-state index contributed by atoms with van der Waals surface area (Å²) in [6.45, 7) is 3.51. The fourth-order valence-corrected chi connectivity index (χ4v) is 6.73. The second kappa shape index (κ2) is 10.3. The fraction of sp³-hybridized carbons (Fsp3) is 0.429. The second-order valence-electron chi connectivity index (χ2n) is 7.22. The van der Waals surface area contributed by atoms with E-state index in [4.69, 9.17) is 0 Å². The van der Waals surface area contributed by atoms with Crippen molar-refractivity contribution in [2.24, 2.45) is 0 Å². The molecular formula is C21H29NO6S2. The van der Waals surface area contributed by atoms with E-state index in [1.165, 1.54) is 36.4 Å². The highest BCUT2D eigenvalue weighted by Crippen LogP contribution is 2.29. The van der Waals surface area contributed by atoms with Gasteiger partial charge in [0.2, 0.25) is 0 Å². The van der Waals surface area contributed by atoms with Crippen LogP contribution in [-0.2, 0) is 20.0 Å². The lowest BCUT2D eigenvalue weighted by Crippen LogP contribution is -2.37. The summed E-state index contributed by atoms with van der Waals surface area (Å²) in [5, 5.41) is 19.4. The molecule has 0 aliphatic rings. The third-order valence-corrected chi connectivity index (χ3v) is 9.18. The molecule has 0 radical (unpaired) electrons. The van der Waals surface area contributed by atoms with Gasteiger partial charge >= 0.3 is 0 Å². The number of benzene rings is 2. The summed E-state index contributed by atoms with van der Waals surface area (Å²) in [4.78, 5) is -0.523. The van der Waals surface area contributed by atoms with Gasteiger partial charge in [-0.05, 0) is 49.2 Å². The van der Waals surface area contributed by atoms with Gasteiger partial charge in [0, 0.05) is 12.6 Å². The maximum atomic E-state index is 13.2. The number of hydrogen-bond donors (Lipinski definition) is 2. The lowest BCUT2D eigenvalue weighted by atomic mass is 10.1. The molecule has 2 aromatic rings. The van der Waals surface area contributed by atoms with E-state index >= 15 is 0 Å². The van der Waals surface area contributed by atoms with Gasteiger partial charge in [-0.3, -0.25) is 0 Å². The highest BCUT2D eigenvalue weighted by molar-refractivity contribution is 8.04. The number of rotatable bonds is 11. The van der Waals surface area contributed by atoms with E-state index in [1.54, 1.807) is 6.92 Å². The summed E-state index contributed by atoms with van der Waals surface area (Å²) in [5.74, 6) is -0.347. The SMILES string of the molecule is CCCCCCCCN(S(=O)(=O)c1ccc(O)cc1)S(=O)(=O)c1ccc(C)c(O)c1. The number of nitrogens with zero attached hydrogens (tertiary/aromatic N) is 1. The Labute approximate surface area is 179 Å². The first-order valence-corrected chi connectivity index (χ1v) is 12.9. The van der Waals surface area contributed by atoms with Gasteiger partial charge in [0.1, 0.15) is 11.5 Å². The van der Waals surface area contributed by atoms with E-state index in [1.807, 2.05) is 0 Å². The van der Waals surface area contributed by atoms with Gasteiger partial charge in [0.05, 0.1) is 9.79 Å². The first-order chi connectivity index (χ1) is 14.1. The zero-order valence-corrected chi connectivity index (χ0v) is 18.9. The van der Waals surface area contributed by atoms with Gasteiger partial charge in [-0.1, -0.05) is 48.8 Å².